The SMILES string of the molecule is COc1ccc(CCN2C(=O)NC(=O)[C@]3(Cc4cc([N+](=O)[O-])ccc4N4C[C@H](C)O[C@H](C)[C@H]43)C2=O)cc1. The second-order valence-electron chi connectivity index (χ2n) is 9.78. The third kappa shape index (κ3) is 3.99. The summed E-state index contributed by atoms with van der Waals surface area (Å²) < 4.78 is 11.3. The van der Waals surface area contributed by atoms with Crippen molar-refractivity contribution in [3.63, 3.8) is 0 Å². The lowest BCUT2D eigenvalue weighted by atomic mass is 9.66. The molecule has 0 saturated carbocycles. The van der Waals surface area contributed by atoms with Crippen LogP contribution in [0.1, 0.15) is 25.0 Å². The zero-order valence-corrected chi connectivity index (χ0v) is 20.8. The van der Waals surface area contributed by atoms with Gasteiger partial charge in [0.1, 0.15) is 5.75 Å². The van der Waals surface area contributed by atoms with E-state index in [4.69, 9.17) is 9.47 Å². The van der Waals surface area contributed by atoms with Crippen molar-refractivity contribution in [2.75, 3.05) is 25.1 Å². The molecule has 37 heavy (non-hydrogen) atoms. The van der Waals surface area contributed by atoms with Gasteiger partial charge in [-0.05, 0) is 49.6 Å². The van der Waals surface area contributed by atoms with Gasteiger partial charge in [0.15, 0.2) is 5.41 Å². The van der Waals surface area contributed by atoms with Gasteiger partial charge in [0, 0.05) is 37.3 Å². The Labute approximate surface area is 213 Å². The number of rotatable bonds is 5. The molecule has 11 heteroatoms. The van der Waals surface area contributed by atoms with E-state index in [2.05, 4.69) is 5.32 Å². The molecule has 1 spiro atoms. The molecule has 0 radical (unpaired) electrons. The van der Waals surface area contributed by atoms with E-state index in [9.17, 15) is 24.5 Å². The molecule has 0 bridgehead atoms. The molecule has 2 aromatic carbocycles. The van der Waals surface area contributed by atoms with Crippen molar-refractivity contribution in [1.29, 1.82) is 0 Å². The van der Waals surface area contributed by atoms with Crippen LogP contribution in [0.5, 0.6) is 5.75 Å². The number of nitro groups is 1. The molecular weight excluding hydrogens is 480 g/mol. The predicted octanol–water partition coefficient (Wildman–Crippen LogP) is 2.45. The lowest BCUT2D eigenvalue weighted by Gasteiger charge is -2.56. The molecule has 3 heterocycles. The largest absolute Gasteiger partial charge is 0.497 e. The monoisotopic (exact) mass is 508 g/mol. The number of nitrogens with zero attached hydrogens (tertiary/aromatic N) is 3. The summed E-state index contributed by atoms with van der Waals surface area (Å²) in [7, 11) is 1.57. The lowest BCUT2D eigenvalue weighted by Crippen LogP contribution is -2.75. The molecule has 3 aliphatic heterocycles. The fourth-order valence-electron chi connectivity index (χ4n) is 5.91. The highest BCUT2D eigenvalue weighted by atomic mass is 16.6. The van der Waals surface area contributed by atoms with Gasteiger partial charge < -0.3 is 14.4 Å². The number of carbonyl (C=O) groups excluding carboxylic acids is 3. The molecule has 2 fully saturated rings. The van der Waals surface area contributed by atoms with Gasteiger partial charge in [-0.15, -0.1) is 0 Å². The summed E-state index contributed by atoms with van der Waals surface area (Å²) in [6.45, 7) is 4.16. The fraction of sp³-hybridized carbons (Fsp3) is 0.423. The van der Waals surface area contributed by atoms with Crippen LogP contribution in [0.3, 0.4) is 0 Å². The first-order valence-electron chi connectivity index (χ1n) is 12.2. The number of imide groups is 2. The first kappa shape index (κ1) is 24.7. The summed E-state index contributed by atoms with van der Waals surface area (Å²) in [6.07, 6.45) is -0.408. The van der Waals surface area contributed by atoms with Crippen molar-refractivity contribution in [3.05, 3.63) is 63.7 Å². The number of hydrogen-bond acceptors (Lipinski definition) is 8. The Bertz CT molecular complexity index is 1280. The Morgan fingerprint density at radius 3 is 2.57 bits per heavy atom. The van der Waals surface area contributed by atoms with Crippen molar-refractivity contribution in [3.8, 4) is 5.75 Å². The van der Waals surface area contributed by atoms with Crippen LogP contribution < -0.4 is 15.0 Å². The number of nitrogens with one attached hydrogen (secondary N) is 1. The molecule has 1 N–H and O–H groups in total. The van der Waals surface area contributed by atoms with Crippen LogP contribution in [0.25, 0.3) is 0 Å². The van der Waals surface area contributed by atoms with Gasteiger partial charge in [0.2, 0.25) is 11.8 Å². The Balaban J connectivity index is 1.54. The maximum atomic E-state index is 14.2. The van der Waals surface area contributed by atoms with Gasteiger partial charge in [-0.1, -0.05) is 12.1 Å². The van der Waals surface area contributed by atoms with Crippen molar-refractivity contribution in [2.45, 2.75) is 44.9 Å². The average molecular weight is 509 g/mol. The molecule has 194 valence electrons. The van der Waals surface area contributed by atoms with E-state index in [-0.39, 0.29) is 24.8 Å². The molecule has 0 aliphatic carbocycles. The number of carbonyl (C=O) groups is 3. The highest BCUT2D eigenvalue weighted by Crippen LogP contribution is 2.48. The molecule has 2 saturated heterocycles. The highest BCUT2D eigenvalue weighted by Gasteiger charge is 2.64. The number of hydrogen-bond donors (Lipinski definition) is 1. The molecule has 5 rings (SSSR count). The molecular formula is C26H28N4O7. The molecule has 11 nitrogen and oxygen atoms in total. The Kier molecular flexibility index (Phi) is 6.10. The third-order valence-electron chi connectivity index (χ3n) is 7.52. The number of nitro benzene ring substituents is 1. The Hall–Kier alpha value is -3.99. The van der Waals surface area contributed by atoms with Crippen molar-refractivity contribution >= 4 is 29.2 Å². The Morgan fingerprint density at radius 2 is 1.89 bits per heavy atom. The van der Waals surface area contributed by atoms with E-state index >= 15 is 0 Å². The fourth-order valence-corrected chi connectivity index (χ4v) is 5.91. The van der Waals surface area contributed by atoms with Gasteiger partial charge in [-0.3, -0.25) is 29.9 Å². The van der Waals surface area contributed by atoms with Crippen LogP contribution >= 0.6 is 0 Å². The standard InChI is InChI=1S/C26H28N4O7/c1-15-14-29-21-9-6-19(30(34)35)12-18(21)13-26(22(29)16(2)37-15)23(31)27-25(33)28(24(26)32)11-10-17-4-7-20(36-3)8-5-17/h4-9,12,15-16,22H,10-11,13-14H2,1-3H3,(H,27,31,33)/t15-,16+,22-,26+/m0/s1. The number of benzene rings is 2. The zero-order valence-electron chi connectivity index (χ0n) is 20.8. The van der Waals surface area contributed by atoms with Crippen molar-refractivity contribution < 1.29 is 28.8 Å². The van der Waals surface area contributed by atoms with Crippen molar-refractivity contribution in [1.82, 2.24) is 10.2 Å². The smallest absolute Gasteiger partial charge is 0.330 e. The number of urea groups is 1. The van der Waals surface area contributed by atoms with E-state index in [0.717, 1.165) is 16.2 Å². The minimum atomic E-state index is -1.68. The zero-order chi connectivity index (χ0) is 26.5. The number of ether oxygens (including phenoxy) is 2. The quantitative estimate of drug-likeness (QED) is 0.370. The summed E-state index contributed by atoms with van der Waals surface area (Å²) in [5.74, 6) is -0.636. The predicted molar refractivity (Wildman–Crippen MR) is 132 cm³/mol. The summed E-state index contributed by atoms with van der Waals surface area (Å²) in [6, 6.07) is 10.3. The molecule has 0 aromatic heterocycles. The normalized spacial score (nSPS) is 27.0. The van der Waals surface area contributed by atoms with E-state index in [1.54, 1.807) is 25.3 Å². The van der Waals surface area contributed by atoms with Crippen LogP contribution in [0.2, 0.25) is 0 Å². The van der Waals surface area contributed by atoms with Gasteiger partial charge in [-0.2, -0.15) is 0 Å². The van der Waals surface area contributed by atoms with E-state index < -0.39 is 40.3 Å². The average Bonchev–Trinajstić information content (AvgIpc) is 2.87. The molecule has 4 atom stereocenters. The number of amides is 4. The van der Waals surface area contributed by atoms with Crippen LogP contribution in [0.15, 0.2) is 42.5 Å². The number of non-ortho nitro benzene ring substituents is 1. The van der Waals surface area contributed by atoms with Crippen LogP contribution in [0, 0.1) is 15.5 Å². The number of methoxy groups -OCH3 is 1. The first-order chi connectivity index (χ1) is 17.6. The van der Waals surface area contributed by atoms with E-state index in [1.807, 2.05) is 30.9 Å². The van der Waals surface area contributed by atoms with Crippen LogP contribution in [0.4, 0.5) is 16.2 Å². The maximum absolute atomic E-state index is 14.2. The Morgan fingerprint density at radius 1 is 1.16 bits per heavy atom. The summed E-state index contributed by atoms with van der Waals surface area (Å²) in [5.41, 5.74) is 0.320. The molecule has 2 aromatic rings. The highest BCUT2D eigenvalue weighted by molar-refractivity contribution is 6.20. The second-order valence-corrected chi connectivity index (χ2v) is 9.78. The van der Waals surface area contributed by atoms with E-state index in [1.165, 1.54) is 12.1 Å². The molecule has 0 unspecified atom stereocenters. The summed E-state index contributed by atoms with van der Waals surface area (Å²) >= 11 is 0. The lowest BCUT2D eigenvalue weighted by molar-refractivity contribution is -0.384. The van der Waals surface area contributed by atoms with Gasteiger partial charge >= 0.3 is 6.03 Å². The number of barbiturate groups is 1. The van der Waals surface area contributed by atoms with Crippen molar-refractivity contribution in [2.24, 2.45) is 5.41 Å². The van der Waals surface area contributed by atoms with Crippen LogP contribution in [-0.2, 0) is 27.2 Å². The minimum absolute atomic E-state index is 0.0617. The topological polar surface area (TPSA) is 131 Å². The van der Waals surface area contributed by atoms with Gasteiger partial charge in [0.25, 0.3) is 5.69 Å². The third-order valence-corrected chi connectivity index (χ3v) is 7.52. The molecule has 4 amide bonds. The number of fused-ring (bicyclic) bond motifs is 4. The summed E-state index contributed by atoms with van der Waals surface area (Å²) in [5, 5.41) is 13.9. The van der Waals surface area contributed by atoms with Gasteiger partial charge in [-0.25, -0.2) is 4.79 Å². The number of morpholine rings is 1. The van der Waals surface area contributed by atoms with E-state index in [0.29, 0.717) is 24.3 Å². The molecule has 3 aliphatic rings. The van der Waals surface area contributed by atoms with Crippen LogP contribution in [-0.4, -0.2) is 66.1 Å². The maximum Gasteiger partial charge on any atom is 0.330 e. The minimum Gasteiger partial charge on any atom is -0.497 e. The second kappa shape index (κ2) is 9.15. The first-order valence-corrected chi connectivity index (χ1v) is 12.2. The number of anilines is 1. The summed E-state index contributed by atoms with van der Waals surface area (Å²) in [4.78, 5) is 54.6. The van der Waals surface area contributed by atoms with Gasteiger partial charge in [0.05, 0.1) is 30.3 Å².